The molecule has 0 atom stereocenters. The molecule has 7 nitrogen and oxygen atoms in total. The van der Waals surface area contributed by atoms with E-state index in [-0.39, 0.29) is 6.61 Å². The van der Waals surface area contributed by atoms with Gasteiger partial charge in [-0.3, -0.25) is 9.79 Å². The number of amides is 1. The van der Waals surface area contributed by atoms with Gasteiger partial charge in [0.1, 0.15) is 5.75 Å². The van der Waals surface area contributed by atoms with Gasteiger partial charge in [-0.15, -0.1) is 11.3 Å². The van der Waals surface area contributed by atoms with Crippen molar-refractivity contribution >= 4 is 23.2 Å². The number of carbonyl (C=O) groups excluding carboxylic acids is 1. The predicted molar refractivity (Wildman–Crippen MR) is 99.9 cm³/mol. The summed E-state index contributed by atoms with van der Waals surface area (Å²) in [6.45, 7) is 3.22. The Hall–Kier alpha value is -2.61. The number of benzene rings is 1. The first-order chi connectivity index (χ1) is 12.1. The van der Waals surface area contributed by atoms with E-state index in [1.165, 1.54) is 0 Å². The molecular weight excluding hydrogens is 338 g/mol. The minimum absolute atomic E-state index is 0.129. The van der Waals surface area contributed by atoms with Crippen molar-refractivity contribution in [2.75, 3.05) is 20.2 Å². The standard InChI is InChI=1S/C17H23N5O2S/c1-12-22-14(11-25-12)6-7-20-17(19-2)21-9-13-4-3-5-15(8-13)24-10-16(18)23/h3-5,8,11H,6-7,9-10H2,1-2H3,(H2,18,23)(H2,19,20,21). The largest absolute Gasteiger partial charge is 0.484 e. The van der Waals surface area contributed by atoms with E-state index in [1.54, 1.807) is 24.5 Å². The number of carbonyl (C=O) groups is 1. The van der Waals surface area contributed by atoms with E-state index >= 15 is 0 Å². The van der Waals surface area contributed by atoms with E-state index in [9.17, 15) is 4.79 Å². The molecule has 4 N–H and O–H groups in total. The molecule has 0 radical (unpaired) electrons. The van der Waals surface area contributed by atoms with Gasteiger partial charge in [0.05, 0.1) is 10.7 Å². The zero-order valence-electron chi connectivity index (χ0n) is 14.4. The first-order valence-electron chi connectivity index (χ1n) is 7.92. The highest BCUT2D eigenvalue weighted by atomic mass is 32.1. The first kappa shape index (κ1) is 18.7. The normalized spacial score (nSPS) is 11.2. The van der Waals surface area contributed by atoms with E-state index in [1.807, 2.05) is 25.1 Å². The van der Waals surface area contributed by atoms with Gasteiger partial charge in [-0.25, -0.2) is 4.98 Å². The number of guanidine groups is 1. The summed E-state index contributed by atoms with van der Waals surface area (Å²) < 4.78 is 5.30. The number of nitrogens with one attached hydrogen (secondary N) is 2. The molecule has 0 aliphatic carbocycles. The Morgan fingerprint density at radius 2 is 2.24 bits per heavy atom. The lowest BCUT2D eigenvalue weighted by Crippen LogP contribution is -2.37. The molecule has 1 heterocycles. The summed E-state index contributed by atoms with van der Waals surface area (Å²) in [5.74, 6) is 0.832. The second-order valence-electron chi connectivity index (χ2n) is 5.36. The van der Waals surface area contributed by atoms with Crippen LogP contribution in [-0.4, -0.2) is 37.1 Å². The maximum Gasteiger partial charge on any atom is 0.255 e. The molecule has 2 aromatic rings. The van der Waals surface area contributed by atoms with Crippen LogP contribution in [0.4, 0.5) is 0 Å². The number of ether oxygens (including phenoxy) is 1. The van der Waals surface area contributed by atoms with Gasteiger partial charge in [-0.05, 0) is 24.6 Å². The molecule has 0 bridgehead atoms. The Morgan fingerprint density at radius 1 is 1.40 bits per heavy atom. The van der Waals surface area contributed by atoms with E-state index in [2.05, 4.69) is 26.0 Å². The maximum atomic E-state index is 10.8. The molecule has 0 spiro atoms. The van der Waals surface area contributed by atoms with Crippen LogP contribution in [0.25, 0.3) is 0 Å². The Bertz CT molecular complexity index is 729. The molecule has 1 aromatic carbocycles. The van der Waals surface area contributed by atoms with Gasteiger partial charge in [-0.1, -0.05) is 12.1 Å². The number of nitrogens with two attached hydrogens (primary N) is 1. The molecule has 25 heavy (non-hydrogen) atoms. The number of hydrogen-bond acceptors (Lipinski definition) is 5. The van der Waals surface area contributed by atoms with E-state index in [0.717, 1.165) is 35.2 Å². The van der Waals surface area contributed by atoms with Crippen LogP contribution in [0.5, 0.6) is 5.75 Å². The maximum absolute atomic E-state index is 10.8. The summed E-state index contributed by atoms with van der Waals surface area (Å²) in [6.07, 6.45) is 0.849. The lowest BCUT2D eigenvalue weighted by Gasteiger charge is -2.12. The molecule has 2 rings (SSSR count). The smallest absolute Gasteiger partial charge is 0.255 e. The number of primary amides is 1. The summed E-state index contributed by atoms with van der Waals surface area (Å²) in [5.41, 5.74) is 7.18. The lowest BCUT2D eigenvalue weighted by molar-refractivity contribution is -0.119. The van der Waals surface area contributed by atoms with Crippen molar-refractivity contribution in [3.8, 4) is 5.75 Å². The van der Waals surface area contributed by atoms with Crippen LogP contribution in [0.15, 0.2) is 34.6 Å². The van der Waals surface area contributed by atoms with Gasteiger partial charge in [-0.2, -0.15) is 0 Å². The third-order valence-corrected chi connectivity index (χ3v) is 4.13. The second-order valence-corrected chi connectivity index (χ2v) is 6.43. The predicted octanol–water partition coefficient (Wildman–Crippen LogP) is 1.22. The molecule has 1 aromatic heterocycles. The SMILES string of the molecule is CN=C(NCCc1csc(C)n1)NCc1cccc(OCC(N)=O)c1. The third-order valence-electron chi connectivity index (χ3n) is 3.30. The van der Waals surface area contributed by atoms with Crippen LogP contribution >= 0.6 is 11.3 Å². The van der Waals surface area contributed by atoms with Crippen LogP contribution < -0.4 is 21.1 Å². The van der Waals surface area contributed by atoms with Crippen molar-refractivity contribution in [3.05, 3.63) is 45.9 Å². The number of aromatic nitrogens is 1. The van der Waals surface area contributed by atoms with Crippen molar-refractivity contribution in [1.29, 1.82) is 0 Å². The molecule has 0 aliphatic rings. The minimum atomic E-state index is -0.497. The third kappa shape index (κ3) is 6.80. The highest BCUT2D eigenvalue weighted by Crippen LogP contribution is 2.13. The highest BCUT2D eigenvalue weighted by Gasteiger charge is 2.03. The van der Waals surface area contributed by atoms with Crippen LogP contribution in [0.1, 0.15) is 16.3 Å². The van der Waals surface area contributed by atoms with Crippen LogP contribution in [0, 0.1) is 6.92 Å². The number of aryl methyl sites for hydroxylation is 1. The van der Waals surface area contributed by atoms with E-state index in [0.29, 0.717) is 12.3 Å². The van der Waals surface area contributed by atoms with Crippen molar-refractivity contribution < 1.29 is 9.53 Å². The van der Waals surface area contributed by atoms with Crippen LogP contribution in [-0.2, 0) is 17.8 Å². The van der Waals surface area contributed by atoms with E-state index in [4.69, 9.17) is 10.5 Å². The minimum Gasteiger partial charge on any atom is -0.484 e. The van der Waals surface area contributed by atoms with Gasteiger partial charge in [0.25, 0.3) is 5.91 Å². The number of hydrogen-bond donors (Lipinski definition) is 3. The summed E-state index contributed by atoms with van der Waals surface area (Å²) in [5, 5.41) is 9.66. The van der Waals surface area contributed by atoms with Gasteiger partial charge in [0.2, 0.25) is 0 Å². The average molecular weight is 361 g/mol. The fraction of sp³-hybridized carbons (Fsp3) is 0.353. The molecular formula is C17H23N5O2S. The van der Waals surface area contributed by atoms with Gasteiger partial charge in [0.15, 0.2) is 12.6 Å². The van der Waals surface area contributed by atoms with E-state index < -0.39 is 5.91 Å². The van der Waals surface area contributed by atoms with Crippen LogP contribution in [0.2, 0.25) is 0 Å². The molecule has 1 amide bonds. The molecule has 0 unspecified atom stereocenters. The average Bonchev–Trinajstić information content (AvgIpc) is 3.01. The number of thiazole rings is 1. The lowest BCUT2D eigenvalue weighted by atomic mass is 10.2. The van der Waals surface area contributed by atoms with Gasteiger partial charge < -0.3 is 21.1 Å². The van der Waals surface area contributed by atoms with Gasteiger partial charge >= 0.3 is 0 Å². The number of aliphatic imine (C=N–C) groups is 1. The molecule has 134 valence electrons. The Kier molecular flexibility index (Phi) is 7.21. The fourth-order valence-electron chi connectivity index (χ4n) is 2.14. The molecule has 0 saturated carbocycles. The Balaban J connectivity index is 1.78. The molecule has 0 aliphatic heterocycles. The van der Waals surface area contributed by atoms with Crippen molar-refractivity contribution in [1.82, 2.24) is 15.6 Å². The Morgan fingerprint density at radius 3 is 2.92 bits per heavy atom. The van der Waals surface area contributed by atoms with Crippen molar-refractivity contribution in [2.24, 2.45) is 10.7 Å². The van der Waals surface area contributed by atoms with Crippen molar-refractivity contribution in [3.63, 3.8) is 0 Å². The molecule has 0 saturated heterocycles. The summed E-state index contributed by atoms with van der Waals surface area (Å²) in [7, 11) is 1.73. The quantitative estimate of drug-likeness (QED) is 0.485. The molecule has 8 heteroatoms. The second kappa shape index (κ2) is 9.63. The number of nitrogens with zero attached hydrogens (tertiary/aromatic N) is 2. The van der Waals surface area contributed by atoms with Crippen molar-refractivity contribution in [2.45, 2.75) is 19.9 Å². The Labute approximate surface area is 151 Å². The topological polar surface area (TPSA) is 102 Å². The summed E-state index contributed by atoms with van der Waals surface area (Å²) in [6, 6.07) is 7.49. The summed E-state index contributed by atoms with van der Waals surface area (Å²) >= 11 is 1.66. The highest BCUT2D eigenvalue weighted by molar-refractivity contribution is 7.09. The zero-order chi connectivity index (χ0) is 18.1. The summed E-state index contributed by atoms with van der Waals surface area (Å²) in [4.78, 5) is 19.4. The zero-order valence-corrected chi connectivity index (χ0v) is 15.2. The monoisotopic (exact) mass is 361 g/mol. The van der Waals surface area contributed by atoms with Gasteiger partial charge in [0, 0.05) is 31.9 Å². The fourth-order valence-corrected chi connectivity index (χ4v) is 2.79. The van der Waals surface area contributed by atoms with Crippen LogP contribution in [0.3, 0.4) is 0 Å². The number of rotatable bonds is 8. The molecule has 0 fully saturated rings. The first-order valence-corrected chi connectivity index (χ1v) is 8.80.